The minimum Gasteiger partial charge on any atom is -0.361 e. The van der Waals surface area contributed by atoms with Crippen LogP contribution in [0.15, 0.2) is 45.8 Å². The molecule has 0 amide bonds. The van der Waals surface area contributed by atoms with Gasteiger partial charge in [0.2, 0.25) is 10.0 Å². The molecule has 0 unspecified atom stereocenters. The Hall–Kier alpha value is -1.66. The van der Waals surface area contributed by atoms with Gasteiger partial charge in [-0.05, 0) is 31.9 Å². The summed E-state index contributed by atoms with van der Waals surface area (Å²) >= 11 is 0. The average molecular weight is 292 g/mol. The lowest BCUT2D eigenvalue weighted by Crippen LogP contribution is -2.30. The van der Waals surface area contributed by atoms with Crippen molar-refractivity contribution in [2.45, 2.75) is 30.7 Å². The van der Waals surface area contributed by atoms with Crippen molar-refractivity contribution in [3.63, 3.8) is 0 Å². The first-order valence-corrected chi connectivity index (χ1v) is 8.03. The number of hydrogen-bond donors (Lipinski definition) is 0. The first-order valence-electron chi connectivity index (χ1n) is 6.59. The molecule has 0 saturated carbocycles. The van der Waals surface area contributed by atoms with Crippen LogP contribution >= 0.6 is 0 Å². The maximum absolute atomic E-state index is 12.7. The molecular formula is C14H16N2O3S. The Bertz CT molecular complexity index is 694. The van der Waals surface area contributed by atoms with Crippen molar-refractivity contribution < 1.29 is 12.9 Å². The minimum absolute atomic E-state index is 0.224. The standard InChI is InChI=1S/C14H16N2O3S/c1-11-10-13(15-19-11)14-8-5-9-16(14)20(17,18)12-6-3-2-4-7-12/h2-4,6-7,10,14H,5,8-9H2,1H3/t14-/m0/s1. The van der Waals surface area contributed by atoms with Crippen LogP contribution in [0.25, 0.3) is 0 Å². The van der Waals surface area contributed by atoms with Crippen LogP contribution in [-0.2, 0) is 10.0 Å². The van der Waals surface area contributed by atoms with Crippen LogP contribution in [0.2, 0.25) is 0 Å². The Balaban J connectivity index is 1.97. The van der Waals surface area contributed by atoms with Gasteiger partial charge in [0.15, 0.2) is 0 Å². The Morgan fingerprint density at radius 1 is 1.30 bits per heavy atom. The van der Waals surface area contributed by atoms with Gasteiger partial charge in [-0.1, -0.05) is 23.4 Å². The highest BCUT2D eigenvalue weighted by Crippen LogP contribution is 2.36. The normalized spacial score (nSPS) is 20.4. The molecule has 1 aliphatic heterocycles. The molecule has 2 aromatic rings. The van der Waals surface area contributed by atoms with Crippen molar-refractivity contribution >= 4 is 10.0 Å². The number of sulfonamides is 1. The molecule has 0 radical (unpaired) electrons. The van der Waals surface area contributed by atoms with E-state index in [4.69, 9.17) is 4.52 Å². The van der Waals surface area contributed by atoms with Crippen LogP contribution < -0.4 is 0 Å². The predicted octanol–water partition coefficient (Wildman–Crippen LogP) is 2.51. The van der Waals surface area contributed by atoms with Gasteiger partial charge < -0.3 is 4.52 Å². The summed E-state index contributed by atoms with van der Waals surface area (Å²) in [4.78, 5) is 0.326. The summed E-state index contributed by atoms with van der Waals surface area (Å²) < 4.78 is 32.0. The molecule has 2 heterocycles. The van der Waals surface area contributed by atoms with E-state index in [0.29, 0.717) is 22.9 Å². The van der Waals surface area contributed by atoms with Crippen LogP contribution in [0.5, 0.6) is 0 Å². The molecule has 3 rings (SSSR count). The second-order valence-electron chi connectivity index (χ2n) is 4.95. The summed E-state index contributed by atoms with van der Waals surface area (Å²) in [7, 11) is -3.48. The summed E-state index contributed by atoms with van der Waals surface area (Å²) in [5.41, 5.74) is 0.694. The lowest BCUT2D eigenvalue weighted by atomic mass is 10.1. The van der Waals surface area contributed by atoms with Gasteiger partial charge in [-0.25, -0.2) is 8.42 Å². The fraction of sp³-hybridized carbons (Fsp3) is 0.357. The number of rotatable bonds is 3. The maximum atomic E-state index is 12.7. The third-order valence-electron chi connectivity index (χ3n) is 3.54. The molecule has 1 aromatic heterocycles. The summed E-state index contributed by atoms with van der Waals surface area (Å²) in [5, 5.41) is 3.97. The molecule has 0 spiro atoms. The van der Waals surface area contributed by atoms with Crippen molar-refractivity contribution in [3.8, 4) is 0 Å². The number of nitrogens with zero attached hydrogens (tertiary/aromatic N) is 2. The SMILES string of the molecule is Cc1cc([C@@H]2CCCN2S(=O)(=O)c2ccccc2)no1. The van der Waals surface area contributed by atoms with E-state index in [1.807, 2.05) is 19.1 Å². The van der Waals surface area contributed by atoms with Crippen LogP contribution in [-0.4, -0.2) is 24.4 Å². The van der Waals surface area contributed by atoms with E-state index in [-0.39, 0.29) is 6.04 Å². The molecule has 1 fully saturated rings. The van der Waals surface area contributed by atoms with Gasteiger partial charge in [-0.2, -0.15) is 4.31 Å². The monoisotopic (exact) mass is 292 g/mol. The van der Waals surface area contributed by atoms with Crippen molar-refractivity contribution in [2.75, 3.05) is 6.54 Å². The molecule has 1 atom stereocenters. The number of aryl methyl sites for hydroxylation is 1. The van der Waals surface area contributed by atoms with Gasteiger partial charge in [-0.3, -0.25) is 0 Å². The third-order valence-corrected chi connectivity index (χ3v) is 5.46. The van der Waals surface area contributed by atoms with E-state index in [0.717, 1.165) is 12.8 Å². The van der Waals surface area contributed by atoms with Gasteiger partial charge in [0.05, 0.1) is 10.9 Å². The Morgan fingerprint density at radius 2 is 2.05 bits per heavy atom. The number of benzene rings is 1. The molecule has 0 aliphatic carbocycles. The van der Waals surface area contributed by atoms with Crippen LogP contribution in [0.1, 0.15) is 30.3 Å². The lowest BCUT2D eigenvalue weighted by molar-refractivity contribution is 0.349. The zero-order valence-corrected chi connectivity index (χ0v) is 12.0. The van der Waals surface area contributed by atoms with E-state index in [1.54, 1.807) is 24.3 Å². The minimum atomic E-state index is -3.48. The second kappa shape index (κ2) is 5.03. The molecule has 20 heavy (non-hydrogen) atoms. The van der Waals surface area contributed by atoms with Crippen LogP contribution in [0.4, 0.5) is 0 Å². The Labute approximate surface area is 118 Å². The molecule has 1 saturated heterocycles. The molecule has 1 aromatic carbocycles. The molecule has 5 nitrogen and oxygen atoms in total. The molecule has 1 aliphatic rings. The summed E-state index contributed by atoms with van der Waals surface area (Å²) in [6.07, 6.45) is 1.61. The summed E-state index contributed by atoms with van der Waals surface area (Å²) in [6, 6.07) is 10.1. The third kappa shape index (κ3) is 2.25. The van der Waals surface area contributed by atoms with Crippen molar-refractivity contribution in [3.05, 3.63) is 47.9 Å². The number of aromatic nitrogens is 1. The van der Waals surface area contributed by atoms with Crippen molar-refractivity contribution in [1.29, 1.82) is 0 Å². The Morgan fingerprint density at radius 3 is 2.70 bits per heavy atom. The van der Waals surface area contributed by atoms with E-state index >= 15 is 0 Å². The fourth-order valence-electron chi connectivity index (χ4n) is 2.59. The highest BCUT2D eigenvalue weighted by molar-refractivity contribution is 7.89. The van der Waals surface area contributed by atoms with E-state index in [2.05, 4.69) is 5.16 Å². The summed E-state index contributed by atoms with van der Waals surface area (Å²) in [6.45, 7) is 2.33. The first-order chi connectivity index (χ1) is 9.59. The zero-order chi connectivity index (χ0) is 14.2. The van der Waals surface area contributed by atoms with Gasteiger partial charge in [0.25, 0.3) is 0 Å². The molecular weight excluding hydrogens is 276 g/mol. The Kier molecular flexibility index (Phi) is 3.35. The highest BCUT2D eigenvalue weighted by atomic mass is 32.2. The van der Waals surface area contributed by atoms with Gasteiger partial charge in [-0.15, -0.1) is 0 Å². The second-order valence-corrected chi connectivity index (χ2v) is 6.84. The topological polar surface area (TPSA) is 63.4 Å². The van der Waals surface area contributed by atoms with E-state index in [9.17, 15) is 8.42 Å². The highest BCUT2D eigenvalue weighted by Gasteiger charge is 2.37. The van der Waals surface area contributed by atoms with Crippen molar-refractivity contribution in [2.24, 2.45) is 0 Å². The molecule has 6 heteroatoms. The van der Waals surface area contributed by atoms with E-state index in [1.165, 1.54) is 4.31 Å². The predicted molar refractivity (Wildman–Crippen MR) is 73.5 cm³/mol. The van der Waals surface area contributed by atoms with E-state index < -0.39 is 10.0 Å². The summed E-state index contributed by atoms with van der Waals surface area (Å²) in [5.74, 6) is 0.698. The fourth-order valence-corrected chi connectivity index (χ4v) is 4.28. The largest absolute Gasteiger partial charge is 0.361 e. The molecule has 106 valence electrons. The van der Waals surface area contributed by atoms with Gasteiger partial charge in [0, 0.05) is 12.6 Å². The smallest absolute Gasteiger partial charge is 0.243 e. The molecule has 0 N–H and O–H groups in total. The zero-order valence-electron chi connectivity index (χ0n) is 11.2. The number of hydrogen-bond acceptors (Lipinski definition) is 4. The van der Waals surface area contributed by atoms with Gasteiger partial charge in [0.1, 0.15) is 11.5 Å². The van der Waals surface area contributed by atoms with Crippen LogP contribution in [0.3, 0.4) is 0 Å². The lowest BCUT2D eigenvalue weighted by Gasteiger charge is -2.22. The maximum Gasteiger partial charge on any atom is 0.243 e. The quantitative estimate of drug-likeness (QED) is 0.872. The van der Waals surface area contributed by atoms with Crippen LogP contribution in [0, 0.1) is 6.92 Å². The molecule has 0 bridgehead atoms. The first kappa shape index (κ1) is 13.3. The average Bonchev–Trinajstić information content (AvgIpc) is 3.08. The van der Waals surface area contributed by atoms with Crippen molar-refractivity contribution in [1.82, 2.24) is 9.46 Å². The van der Waals surface area contributed by atoms with Gasteiger partial charge >= 0.3 is 0 Å².